The van der Waals surface area contributed by atoms with Crippen molar-refractivity contribution < 1.29 is 5.11 Å². The minimum absolute atomic E-state index is 0.183. The highest BCUT2D eigenvalue weighted by Crippen LogP contribution is 2.37. The van der Waals surface area contributed by atoms with E-state index in [-0.39, 0.29) is 6.10 Å². The standard InChI is InChI=1S/C12H16BrNOS/c13-8-5-6-9(14)12(7-8)16-11-4-2-1-3-10(11)15/h5-7,10-11,15H,1-4,14H2. The van der Waals surface area contributed by atoms with E-state index >= 15 is 0 Å². The number of anilines is 1. The topological polar surface area (TPSA) is 46.2 Å². The third-order valence-electron chi connectivity index (χ3n) is 2.92. The van der Waals surface area contributed by atoms with Gasteiger partial charge < -0.3 is 10.8 Å². The fourth-order valence-electron chi connectivity index (χ4n) is 1.99. The van der Waals surface area contributed by atoms with Crippen LogP contribution < -0.4 is 5.73 Å². The predicted molar refractivity (Wildman–Crippen MR) is 72.7 cm³/mol. The number of halogens is 1. The second kappa shape index (κ2) is 5.43. The number of nitrogens with two attached hydrogens (primary N) is 1. The molecule has 0 saturated heterocycles. The van der Waals surface area contributed by atoms with Crippen LogP contribution in [0, 0.1) is 0 Å². The summed E-state index contributed by atoms with van der Waals surface area (Å²) in [7, 11) is 0. The van der Waals surface area contributed by atoms with Crippen LogP contribution in [0.2, 0.25) is 0 Å². The molecule has 1 aromatic rings. The molecule has 0 amide bonds. The summed E-state index contributed by atoms with van der Waals surface area (Å²) >= 11 is 5.15. The summed E-state index contributed by atoms with van der Waals surface area (Å²) in [6, 6.07) is 5.87. The molecule has 2 unspecified atom stereocenters. The SMILES string of the molecule is Nc1ccc(Br)cc1SC1CCCCC1O. The molecule has 1 aliphatic rings. The van der Waals surface area contributed by atoms with E-state index < -0.39 is 0 Å². The molecule has 1 aliphatic carbocycles. The van der Waals surface area contributed by atoms with Gasteiger partial charge in [-0.05, 0) is 31.0 Å². The maximum atomic E-state index is 9.92. The number of aliphatic hydroxyl groups is 1. The Hall–Kier alpha value is -0.190. The first-order valence-corrected chi connectivity index (χ1v) is 7.24. The third kappa shape index (κ3) is 2.93. The van der Waals surface area contributed by atoms with Crippen LogP contribution in [0.3, 0.4) is 0 Å². The molecule has 0 aromatic heterocycles. The van der Waals surface area contributed by atoms with Gasteiger partial charge in [0.25, 0.3) is 0 Å². The van der Waals surface area contributed by atoms with Crippen LogP contribution in [-0.2, 0) is 0 Å². The quantitative estimate of drug-likeness (QED) is 0.823. The smallest absolute Gasteiger partial charge is 0.0662 e. The Morgan fingerprint density at radius 1 is 1.31 bits per heavy atom. The average molecular weight is 302 g/mol. The number of hydrogen-bond donors (Lipinski definition) is 2. The molecule has 2 atom stereocenters. The monoisotopic (exact) mass is 301 g/mol. The Labute approximate surface area is 109 Å². The Kier molecular flexibility index (Phi) is 4.16. The van der Waals surface area contributed by atoms with Crippen molar-refractivity contribution in [2.75, 3.05) is 5.73 Å². The van der Waals surface area contributed by atoms with Crippen molar-refractivity contribution in [2.24, 2.45) is 0 Å². The van der Waals surface area contributed by atoms with Crippen molar-refractivity contribution in [1.82, 2.24) is 0 Å². The van der Waals surface area contributed by atoms with Gasteiger partial charge in [-0.2, -0.15) is 0 Å². The van der Waals surface area contributed by atoms with Gasteiger partial charge in [0.2, 0.25) is 0 Å². The summed E-state index contributed by atoms with van der Waals surface area (Å²) in [4.78, 5) is 1.07. The summed E-state index contributed by atoms with van der Waals surface area (Å²) in [5.41, 5.74) is 6.73. The van der Waals surface area contributed by atoms with Crippen LogP contribution in [-0.4, -0.2) is 16.5 Å². The first kappa shape index (κ1) is 12.3. The van der Waals surface area contributed by atoms with Crippen LogP contribution in [0.5, 0.6) is 0 Å². The van der Waals surface area contributed by atoms with Crippen molar-refractivity contribution in [1.29, 1.82) is 0 Å². The summed E-state index contributed by atoms with van der Waals surface area (Å²) < 4.78 is 1.04. The lowest BCUT2D eigenvalue weighted by atomic mass is 9.97. The van der Waals surface area contributed by atoms with E-state index in [4.69, 9.17) is 5.73 Å². The second-order valence-electron chi connectivity index (χ2n) is 4.19. The molecule has 2 nitrogen and oxygen atoms in total. The average Bonchev–Trinajstić information content (AvgIpc) is 2.27. The Bertz CT molecular complexity index is 372. The van der Waals surface area contributed by atoms with E-state index in [9.17, 15) is 5.11 Å². The molecule has 0 bridgehead atoms. The van der Waals surface area contributed by atoms with Gasteiger partial charge in [-0.15, -0.1) is 11.8 Å². The van der Waals surface area contributed by atoms with Gasteiger partial charge >= 0.3 is 0 Å². The largest absolute Gasteiger partial charge is 0.398 e. The number of benzene rings is 1. The Morgan fingerprint density at radius 3 is 2.81 bits per heavy atom. The number of thioether (sulfide) groups is 1. The van der Waals surface area contributed by atoms with E-state index in [0.29, 0.717) is 5.25 Å². The number of rotatable bonds is 2. The molecule has 0 aliphatic heterocycles. The second-order valence-corrected chi connectivity index (χ2v) is 6.39. The molecule has 1 fully saturated rings. The molecular formula is C12H16BrNOS. The zero-order valence-corrected chi connectivity index (χ0v) is 11.4. The van der Waals surface area contributed by atoms with Gasteiger partial charge in [0.1, 0.15) is 0 Å². The van der Waals surface area contributed by atoms with Gasteiger partial charge in [0.15, 0.2) is 0 Å². The molecule has 0 heterocycles. The molecule has 1 saturated carbocycles. The maximum Gasteiger partial charge on any atom is 0.0662 e. The highest BCUT2D eigenvalue weighted by Gasteiger charge is 2.24. The molecule has 3 N–H and O–H groups in total. The lowest BCUT2D eigenvalue weighted by Crippen LogP contribution is -2.26. The van der Waals surface area contributed by atoms with Gasteiger partial charge in [0, 0.05) is 20.3 Å². The van der Waals surface area contributed by atoms with Crippen molar-refractivity contribution in [2.45, 2.75) is 41.9 Å². The molecular weight excluding hydrogens is 286 g/mol. The minimum atomic E-state index is -0.183. The van der Waals surface area contributed by atoms with Crippen molar-refractivity contribution in [3.63, 3.8) is 0 Å². The van der Waals surface area contributed by atoms with E-state index in [1.165, 1.54) is 6.42 Å². The predicted octanol–water partition coefficient (Wildman–Crippen LogP) is 3.43. The van der Waals surface area contributed by atoms with E-state index in [1.807, 2.05) is 18.2 Å². The zero-order chi connectivity index (χ0) is 11.5. The normalized spacial score (nSPS) is 25.6. The van der Waals surface area contributed by atoms with Crippen molar-refractivity contribution in [3.05, 3.63) is 22.7 Å². The van der Waals surface area contributed by atoms with Crippen LogP contribution in [0.1, 0.15) is 25.7 Å². The van der Waals surface area contributed by atoms with E-state index in [2.05, 4.69) is 15.9 Å². The highest BCUT2D eigenvalue weighted by atomic mass is 79.9. The summed E-state index contributed by atoms with van der Waals surface area (Å²) in [6.07, 6.45) is 4.18. The lowest BCUT2D eigenvalue weighted by Gasteiger charge is -2.27. The molecule has 0 spiro atoms. The third-order valence-corrected chi connectivity index (χ3v) is 4.88. The molecule has 88 valence electrons. The number of aliphatic hydroxyl groups excluding tert-OH is 1. The first-order chi connectivity index (χ1) is 7.66. The number of hydrogen-bond acceptors (Lipinski definition) is 3. The van der Waals surface area contributed by atoms with Crippen LogP contribution in [0.15, 0.2) is 27.6 Å². The van der Waals surface area contributed by atoms with Gasteiger partial charge in [0.05, 0.1) is 6.10 Å². The molecule has 0 radical (unpaired) electrons. The van der Waals surface area contributed by atoms with Crippen LogP contribution >= 0.6 is 27.7 Å². The van der Waals surface area contributed by atoms with E-state index in [1.54, 1.807) is 11.8 Å². The maximum absolute atomic E-state index is 9.92. The molecule has 2 rings (SSSR count). The Morgan fingerprint density at radius 2 is 2.06 bits per heavy atom. The van der Waals surface area contributed by atoms with Gasteiger partial charge in [-0.3, -0.25) is 0 Å². The lowest BCUT2D eigenvalue weighted by molar-refractivity contribution is 0.137. The summed E-state index contributed by atoms with van der Waals surface area (Å²) in [5, 5.41) is 10.2. The van der Waals surface area contributed by atoms with Crippen LogP contribution in [0.25, 0.3) is 0 Å². The fourth-order valence-corrected chi connectivity index (χ4v) is 3.80. The first-order valence-electron chi connectivity index (χ1n) is 5.56. The number of nitrogen functional groups attached to an aromatic ring is 1. The summed E-state index contributed by atoms with van der Waals surface area (Å²) in [6.45, 7) is 0. The molecule has 16 heavy (non-hydrogen) atoms. The summed E-state index contributed by atoms with van der Waals surface area (Å²) in [5.74, 6) is 0. The molecule has 1 aromatic carbocycles. The Balaban J connectivity index is 2.10. The van der Waals surface area contributed by atoms with Crippen LogP contribution in [0.4, 0.5) is 5.69 Å². The zero-order valence-electron chi connectivity index (χ0n) is 9.03. The van der Waals surface area contributed by atoms with E-state index in [0.717, 1.165) is 34.3 Å². The van der Waals surface area contributed by atoms with Gasteiger partial charge in [-0.25, -0.2) is 0 Å². The molecule has 4 heteroatoms. The fraction of sp³-hybridized carbons (Fsp3) is 0.500. The highest BCUT2D eigenvalue weighted by molar-refractivity contribution is 9.10. The van der Waals surface area contributed by atoms with Gasteiger partial charge in [-0.1, -0.05) is 28.8 Å². The van der Waals surface area contributed by atoms with Crippen molar-refractivity contribution >= 4 is 33.4 Å². The van der Waals surface area contributed by atoms with Crippen molar-refractivity contribution in [3.8, 4) is 0 Å². The minimum Gasteiger partial charge on any atom is -0.398 e.